The van der Waals surface area contributed by atoms with E-state index in [0.717, 1.165) is 12.8 Å². The van der Waals surface area contributed by atoms with Crippen LogP contribution in [0.2, 0.25) is 0 Å². The first-order valence-corrected chi connectivity index (χ1v) is 8.35. The molecule has 2 aromatic rings. The van der Waals surface area contributed by atoms with Gasteiger partial charge < -0.3 is 14.6 Å². The minimum absolute atomic E-state index is 0.00450. The van der Waals surface area contributed by atoms with E-state index in [0.29, 0.717) is 42.5 Å². The van der Waals surface area contributed by atoms with Crippen molar-refractivity contribution in [1.82, 2.24) is 25.2 Å². The molecule has 0 bridgehead atoms. The quantitative estimate of drug-likeness (QED) is 0.906. The third-order valence-electron chi connectivity index (χ3n) is 4.24. The fraction of sp³-hybridized carbons (Fsp3) is 0.471. The number of carbonyl (C=O) groups excluding carboxylic acids is 2. The molecule has 8 heteroatoms. The van der Waals surface area contributed by atoms with Crippen LogP contribution in [0.3, 0.4) is 0 Å². The van der Waals surface area contributed by atoms with Crippen LogP contribution in [0.5, 0.6) is 0 Å². The highest BCUT2D eigenvalue weighted by Gasteiger charge is 2.26. The maximum Gasteiger partial charge on any atom is 0.291 e. The molecule has 0 radical (unpaired) electrons. The van der Waals surface area contributed by atoms with Crippen LogP contribution in [0.25, 0.3) is 0 Å². The van der Waals surface area contributed by atoms with E-state index in [9.17, 15) is 9.59 Å². The number of rotatable bonds is 3. The molecule has 1 fully saturated rings. The predicted octanol–water partition coefficient (Wildman–Crippen LogP) is 1.51. The van der Waals surface area contributed by atoms with E-state index in [1.54, 1.807) is 18.7 Å². The molecule has 0 aromatic carbocycles. The number of aromatic nitrogens is 3. The van der Waals surface area contributed by atoms with Gasteiger partial charge in [0.1, 0.15) is 5.69 Å². The Morgan fingerprint density at radius 1 is 1.24 bits per heavy atom. The van der Waals surface area contributed by atoms with Crippen LogP contribution in [0.4, 0.5) is 0 Å². The number of oxazole rings is 1. The molecule has 2 amide bonds. The standard InChI is InChI=1S/C17H21N5O3/c1-11-15(25-12(2)20-11)17(24)22-8-3-4-13(5-9-22)21-16(23)14-10-18-6-7-19-14/h6-7,10,13H,3-5,8-9H2,1-2H3,(H,21,23). The molecular formula is C17H21N5O3. The number of aryl methyl sites for hydroxylation is 2. The number of amides is 2. The van der Waals surface area contributed by atoms with Gasteiger partial charge in [-0.2, -0.15) is 0 Å². The first-order chi connectivity index (χ1) is 12.0. The highest BCUT2D eigenvalue weighted by atomic mass is 16.4. The Labute approximate surface area is 145 Å². The molecule has 1 aliphatic rings. The van der Waals surface area contributed by atoms with Gasteiger partial charge in [-0.15, -0.1) is 0 Å². The van der Waals surface area contributed by atoms with Gasteiger partial charge in [0, 0.05) is 38.4 Å². The third-order valence-corrected chi connectivity index (χ3v) is 4.24. The topological polar surface area (TPSA) is 101 Å². The second-order valence-corrected chi connectivity index (χ2v) is 6.13. The summed E-state index contributed by atoms with van der Waals surface area (Å²) < 4.78 is 5.43. The summed E-state index contributed by atoms with van der Waals surface area (Å²) in [6.45, 7) is 4.69. The summed E-state index contributed by atoms with van der Waals surface area (Å²) in [6, 6.07) is 0.00450. The van der Waals surface area contributed by atoms with Gasteiger partial charge in [-0.1, -0.05) is 0 Å². The lowest BCUT2D eigenvalue weighted by atomic mass is 10.1. The largest absolute Gasteiger partial charge is 0.436 e. The van der Waals surface area contributed by atoms with Crippen LogP contribution in [0.15, 0.2) is 23.0 Å². The number of nitrogens with one attached hydrogen (secondary N) is 1. The van der Waals surface area contributed by atoms with Gasteiger partial charge in [0.05, 0.1) is 11.9 Å². The van der Waals surface area contributed by atoms with E-state index in [4.69, 9.17) is 4.42 Å². The Kier molecular flexibility index (Phi) is 5.06. The molecule has 3 rings (SSSR count). The fourth-order valence-electron chi connectivity index (χ4n) is 2.99. The molecule has 1 N–H and O–H groups in total. The van der Waals surface area contributed by atoms with Crippen LogP contribution in [0, 0.1) is 13.8 Å². The molecule has 1 saturated heterocycles. The lowest BCUT2D eigenvalue weighted by Crippen LogP contribution is -2.37. The predicted molar refractivity (Wildman–Crippen MR) is 89.0 cm³/mol. The van der Waals surface area contributed by atoms with Gasteiger partial charge in [0.15, 0.2) is 5.89 Å². The van der Waals surface area contributed by atoms with E-state index in [-0.39, 0.29) is 17.9 Å². The van der Waals surface area contributed by atoms with Crippen LogP contribution in [-0.2, 0) is 0 Å². The first kappa shape index (κ1) is 17.1. The van der Waals surface area contributed by atoms with E-state index in [1.807, 2.05) is 0 Å². The van der Waals surface area contributed by atoms with Crippen molar-refractivity contribution in [3.63, 3.8) is 0 Å². The average Bonchev–Trinajstić information content (AvgIpc) is 2.81. The summed E-state index contributed by atoms with van der Waals surface area (Å²) in [4.78, 5) is 38.6. The second-order valence-electron chi connectivity index (χ2n) is 6.13. The number of carbonyl (C=O) groups is 2. The van der Waals surface area contributed by atoms with Crippen molar-refractivity contribution in [2.24, 2.45) is 0 Å². The Bertz CT molecular complexity index is 759. The monoisotopic (exact) mass is 343 g/mol. The van der Waals surface area contributed by atoms with E-state index in [1.165, 1.54) is 18.6 Å². The summed E-state index contributed by atoms with van der Waals surface area (Å²) in [6.07, 6.45) is 6.76. The van der Waals surface area contributed by atoms with Gasteiger partial charge in [0.25, 0.3) is 11.8 Å². The summed E-state index contributed by atoms with van der Waals surface area (Å²) in [5.74, 6) is 0.419. The highest BCUT2D eigenvalue weighted by molar-refractivity contribution is 5.93. The third kappa shape index (κ3) is 4.01. The van der Waals surface area contributed by atoms with Gasteiger partial charge >= 0.3 is 0 Å². The van der Waals surface area contributed by atoms with Crippen molar-refractivity contribution in [1.29, 1.82) is 0 Å². The first-order valence-electron chi connectivity index (χ1n) is 8.35. The molecule has 0 spiro atoms. The highest BCUT2D eigenvalue weighted by Crippen LogP contribution is 2.17. The lowest BCUT2D eigenvalue weighted by Gasteiger charge is -2.19. The Balaban J connectivity index is 1.60. The summed E-state index contributed by atoms with van der Waals surface area (Å²) in [5, 5.41) is 2.97. The maximum absolute atomic E-state index is 12.6. The number of nitrogens with zero attached hydrogens (tertiary/aromatic N) is 4. The molecular weight excluding hydrogens is 322 g/mol. The van der Waals surface area contributed by atoms with Crippen LogP contribution >= 0.6 is 0 Å². The molecule has 2 aromatic heterocycles. The second kappa shape index (κ2) is 7.42. The summed E-state index contributed by atoms with van der Waals surface area (Å²) >= 11 is 0. The zero-order valence-electron chi connectivity index (χ0n) is 14.4. The minimum atomic E-state index is -0.236. The maximum atomic E-state index is 12.6. The SMILES string of the molecule is Cc1nc(C)c(C(=O)N2CCCC(NC(=O)c3cnccn3)CC2)o1. The van der Waals surface area contributed by atoms with Crippen molar-refractivity contribution in [3.8, 4) is 0 Å². The van der Waals surface area contributed by atoms with Crippen molar-refractivity contribution >= 4 is 11.8 Å². The van der Waals surface area contributed by atoms with Gasteiger partial charge in [-0.05, 0) is 26.2 Å². The van der Waals surface area contributed by atoms with Crippen LogP contribution in [-0.4, -0.2) is 50.8 Å². The molecule has 1 unspecified atom stereocenters. The van der Waals surface area contributed by atoms with Crippen LogP contribution in [0.1, 0.15) is 51.9 Å². The Morgan fingerprint density at radius 2 is 2.08 bits per heavy atom. The molecule has 25 heavy (non-hydrogen) atoms. The minimum Gasteiger partial charge on any atom is -0.436 e. The van der Waals surface area contributed by atoms with Gasteiger partial charge in [0.2, 0.25) is 5.76 Å². The van der Waals surface area contributed by atoms with Crippen LogP contribution < -0.4 is 5.32 Å². The molecule has 0 saturated carbocycles. The average molecular weight is 343 g/mol. The molecule has 1 atom stereocenters. The zero-order valence-corrected chi connectivity index (χ0v) is 14.4. The zero-order chi connectivity index (χ0) is 17.8. The number of likely N-dealkylation sites (tertiary alicyclic amines) is 1. The Morgan fingerprint density at radius 3 is 2.76 bits per heavy atom. The van der Waals surface area contributed by atoms with E-state index < -0.39 is 0 Å². The smallest absolute Gasteiger partial charge is 0.291 e. The number of hydrogen-bond donors (Lipinski definition) is 1. The molecule has 1 aliphatic heterocycles. The normalized spacial score (nSPS) is 17.8. The van der Waals surface area contributed by atoms with Crippen molar-refractivity contribution < 1.29 is 14.0 Å². The molecule has 3 heterocycles. The lowest BCUT2D eigenvalue weighted by molar-refractivity contribution is 0.0726. The number of hydrogen-bond acceptors (Lipinski definition) is 6. The van der Waals surface area contributed by atoms with Crippen molar-refractivity contribution in [2.75, 3.05) is 13.1 Å². The van der Waals surface area contributed by atoms with Gasteiger partial charge in [-0.3, -0.25) is 14.6 Å². The summed E-state index contributed by atoms with van der Waals surface area (Å²) in [7, 11) is 0. The molecule has 8 nitrogen and oxygen atoms in total. The van der Waals surface area contributed by atoms with Crippen molar-refractivity contribution in [2.45, 2.75) is 39.2 Å². The summed E-state index contributed by atoms with van der Waals surface area (Å²) in [5.41, 5.74) is 0.909. The van der Waals surface area contributed by atoms with E-state index in [2.05, 4.69) is 20.3 Å². The molecule has 0 aliphatic carbocycles. The Hall–Kier alpha value is -2.77. The van der Waals surface area contributed by atoms with Crippen molar-refractivity contribution in [3.05, 3.63) is 41.6 Å². The fourth-order valence-corrected chi connectivity index (χ4v) is 2.99. The molecule has 132 valence electrons. The van der Waals surface area contributed by atoms with E-state index >= 15 is 0 Å². The van der Waals surface area contributed by atoms with Gasteiger partial charge in [-0.25, -0.2) is 9.97 Å².